The summed E-state index contributed by atoms with van der Waals surface area (Å²) in [5.41, 5.74) is 0.265. The van der Waals surface area contributed by atoms with E-state index in [0.29, 0.717) is 11.8 Å². The first-order valence-corrected chi connectivity index (χ1v) is 7.87. The minimum absolute atomic E-state index is 0.521. The number of carbonyl (C=O) groups excluding carboxylic acids is 2. The third-order valence-electron chi connectivity index (χ3n) is 3.90. The van der Waals surface area contributed by atoms with Gasteiger partial charge in [-0.15, -0.1) is 0 Å². The number of rotatable bonds is 4. The van der Waals surface area contributed by atoms with Crippen LogP contribution in [0.5, 0.6) is 0 Å². The summed E-state index contributed by atoms with van der Waals surface area (Å²) in [6.45, 7) is 6.43. The third kappa shape index (κ3) is 4.04. The van der Waals surface area contributed by atoms with E-state index in [1.807, 2.05) is 19.9 Å². The molecule has 0 saturated carbocycles. The summed E-state index contributed by atoms with van der Waals surface area (Å²) in [4.78, 5) is 24.9. The third-order valence-corrected chi connectivity index (χ3v) is 3.90. The molecule has 0 aliphatic carbocycles. The molecule has 2 aromatic carbocycles. The maximum Gasteiger partial charge on any atom is 0.239 e. The average molecular weight is 364 g/mol. The Kier molecular flexibility index (Phi) is 5.39. The van der Waals surface area contributed by atoms with Crippen LogP contribution in [0.15, 0.2) is 30.3 Å². The first-order chi connectivity index (χ1) is 12.0. The topological polar surface area (TPSA) is 58.2 Å². The summed E-state index contributed by atoms with van der Waals surface area (Å²) in [5.74, 6) is -6.07. The Bertz CT molecular complexity index is 859. The van der Waals surface area contributed by atoms with Gasteiger partial charge in [-0.25, -0.2) is 13.2 Å². The van der Waals surface area contributed by atoms with Gasteiger partial charge in [0.2, 0.25) is 11.8 Å². The second-order valence-corrected chi connectivity index (χ2v) is 6.63. The number of hydrogen-bond donors (Lipinski definition) is 2. The fraction of sp³-hybridized carbons (Fsp3) is 0.263. The van der Waals surface area contributed by atoms with Gasteiger partial charge in [0.15, 0.2) is 17.5 Å². The number of anilines is 2. The fourth-order valence-corrected chi connectivity index (χ4v) is 2.34. The predicted octanol–water partition coefficient (Wildman–Crippen LogP) is 4.32. The highest BCUT2D eigenvalue weighted by Crippen LogP contribution is 2.25. The van der Waals surface area contributed by atoms with Crippen molar-refractivity contribution in [2.45, 2.75) is 27.7 Å². The summed E-state index contributed by atoms with van der Waals surface area (Å²) >= 11 is 0. The van der Waals surface area contributed by atoms with Crippen LogP contribution in [0.2, 0.25) is 0 Å². The Morgan fingerprint density at radius 1 is 0.846 bits per heavy atom. The number of nitrogens with one attached hydrogen (secondary N) is 2. The van der Waals surface area contributed by atoms with Crippen LogP contribution in [0, 0.1) is 36.7 Å². The average Bonchev–Trinajstić information content (AvgIpc) is 2.54. The van der Waals surface area contributed by atoms with Crippen molar-refractivity contribution < 1.29 is 22.8 Å². The zero-order valence-corrected chi connectivity index (χ0v) is 14.8. The normalized spacial score (nSPS) is 11.2. The number of hydrogen-bond acceptors (Lipinski definition) is 2. The molecule has 2 amide bonds. The smallest absolute Gasteiger partial charge is 0.239 e. The molecule has 0 spiro atoms. The Balaban J connectivity index is 2.19. The molecule has 138 valence electrons. The summed E-state index contributed by atoms with van der Waals surface area (Å²) in [6.07, 6.45) is 0. The van der Waals surface area contributed by atoms with Gasteiger partial charge in [0, 0.05) is 5.69 Å². The summed E-state index contributed by atoms with van der Waals surface area (Å²) in [7, 11) is 0. The van der Waals surface area contributed by atoms with Crippen LogP contribution in [-0.4, -0.2) is 11.8 Å². The molecule has 0 radical (unpaired) electrons. The standard InChI is InChI=1S/C19H19F3N2O2/c1-10-7-11(2)9-12(8-10)23-17(25)19(3,4)18(26)24-14-6-5-13(20)15(21)16(14)22/h5-9H,1-4H3,(H,23,25)(H,24,26). The SMILES string of the molecule is Cc1cc(C)cc(NC(=O)C(C)(C)C(=O)Nc2ccc(F)c(F)c2F)c1. The van der Waals surface area contributed by atoms with Gasteiger partial charge in [-0.1, -0.05) is 6.07 Å². The van der Waals surface area contributed by atoms with Crippen LogP contribution >= 0.6 is 0 Å². The highest BCUT2D eigenvalue weighted by molar-refractivity contribution is 6.14. The molecule has 0 aromatic heterocycles. The Morgan fingerprint density at radius 2 is 1.38 bits per heavy atom. The van der Waals surface area contributed by atoms with E-state index >= 15 is 0 Å². The molecule has 2 N–H and O–H groups in total. The van der Waals surface area contributed by atoms with E-state index in [4.69, 9.17) is 0 Å². The summed E-state index contributed by atoms with van der Waals surface area (Å²) in [5, 5.41) is 4.76. The van der Waals surface area contributed by atoms with E-state index in [1.54, 1.807) is 12.1 Å². The van der Waals surface area contributed by atoms with Gasteiger partial charge in [0.1, 0.15) is 5.41 Å². The lowest BCUT2D eigenvalue weighted by Crippen LogP contribution is -2.41. The molecule has 0 atom stereocenters. The van der Waals surface area contributed by atoms with E-state index in [1.165, 1.54) is 13.8 Å². The van der Waals surface area contributed by atoms with Crippen molar-refractivity contribution in [1.82, 2.24) is 0 Å². The van der Waals surface area contributed by atoms with Crippen molar-refractivity contribution in [1.29, 1.82) is 0 Å². The van der Waals surface area contributed by atoms with Crippen molar-refractivity contribution >= 4 is 23.2 Å². The molecule has 0 aliphatic rings. The maximum atomic E-state index is 13.7. The summed E-state index contributed by atoms with van der Waals surface area (Å²) in [6, 6.07) is 7.00. The van der Waals surface area contributed by atoms with Crippen molar-refractivity contribution in [3.63, 3.8) is 0 Å². The molecule has 0 fully saturated rings. The molecule has 0 heterocycles. The van der Waals surface area contributed by atoms with Gasteiger partial charge in [-0.3, -0.25) is 9.59 Å². The number of amides is 2. The van der Waals surface area contributed by atoms with Gasteiger partial charge in [-0.05, 0) is 63.1 Å². The fourth-order valence-electron chi connectivity index (χ4n) is 2.34. The number of aryl methyl sites for hydroxylation is 2. The van der Waals surface area contributed by atoms with Gasteiger partial charge in [-0.2, -0.15) is 0 Å². The Labute approximate surface area is 149 Å². The van der Waals surface area contributed by atoms with Crippen molar-refractivity contribution in [2.75, 3.05) is 10.6 Å². The van der Waals surface area contributed by atoms with E-state index < -0.39 is 40.4 Å². The van der Waals surface area contributed by atoms with Crippen LogP contribution in [0.4, 0.5) is 24.5 Å². The lowest BCUT2D eigenvalue weighted by atomic mass is 9.90. The monoisotopic (exact) mass is 364 g/mol. The van der Waals surface area contributed by atoms with E-state index in [-0.39, 0.29) is 0 Å². The van der Waals surface area contributed by atoms with Gasteiger partial charge >= 0.3 is 0 Å². The lowest BCUT2D eigenvalue weighted by molar-refractivity contribution is -0.135. The molecule has 4 nitrogen and oxygen atoms in total. The highest BCUT2D eigenvalue weighted by atomic mass is 19.2. The molecule has 0 unspecified atom stereocenters. The highest BCUT2D eigenvalue weighted by Gasteiger charge is 2.37. The first kappa shape index (κ1) is 19.5. The Hall–Kier alpha value is -2.83. The quantitative estimate of drug-likeness (QED) is 0.627. The second kappa shape index (κ2) is 7.19. The molecule has 2 aromatic rings. The molecule has 26 heavy (non-hydrogen) atoms. The number of benzene rings is 2. The van der Waals surface area contributed by atoms with Gasteiger partial charge in [0.05, 0.1) is 5.69 Å². The largest absolute Gasteiger partial charge is 0.325 e. The van der Waals surface area contributed by atoms with Crippen LogP contribution in [0.25, 0.3) is 0 Å². The van der Waals surface area contributed by atoms with Gasteiger partial charge < -0.3 is 10.6 Å². The van der Waals surface area contributed by atoms with Crippen molar-refractivity contribution in [3.05, 3.63) is 58.9 Å². The molecule has 0 aliphatic heterocycles. The van der Waals surface area contributed by atoms with E-state index in [9.17, 15) is 22.8 Å². The first-order valence-electron chi connectivity index (χ1n) is 7.87. The minimum Gasteiger partial charge on any atom is -0.325 e. The van der Waals surface area contributed by atoms with Crippen LogP contribution in [0.1, 0.15) is 25.0 Å². The molecule has 2 rings (SSSR count). The van der Waals surface area contributed by atoms with Crippen LogP contribution in [-0.2, 0) is 9.59 Å². The van der Waals surface area contributed by atoms with Gasteiger partial charge in [0.25, 0.3) is 0 Å². The Morgan fingerprint density at radius 3 is 1.96 bits per heavy atom. The second-order valence-electron chi connectivity index (χ2n) is 6.63. The minimum atomic E-state index is -1.69. The number of halogens is 3. The molecular weight excluding hydrogens is 345 g/mol. The zero-order chi connectivity index (χ0) is 19.6. The van der Waals surface area contributed by atoms with Crippen molar-refractivity contribution in [3.8, 4) is 0 Å². The van der Waals surface area contributed by atoms with Crippen LogP contribution < -0.4 is 10.6 Å². The molecule has 7 heteroatoms. The lowest BCUT2D eigenvalue weighted by Gasteiger charge is -2.23. The van der Waals surface area contributed by atoms with Crippen molar-refractivity contribution in [2.24, 2.45) is 5.41 Å². The summed E-state index contributed by atoms with van der Waals surface area (Å²) < 4.78 is 40.0. The molecular formula is C19H19F3N2O2. The predicted molar refractivity (Wildman–Crippen MR) is 93.3 cm³/mol. The van der Waals surface area contributed by atoms with E-state index in [0.717, 1.165) is 17.2 Å². The van der Waals surface area contributed by atoms with Crippen LogP contribution in [0.3, 0.4) is 0 Å². The zero-order valence-electron chi connectivity index (χ0n) is 14.8. The van der Waals surface area contributed by atoms with E-state index in [2.05, 4.69) is 10.6 Å². The molecule has 0 saturated heterocycles. The maximum absolute atomic E-state index is 13.7. The molecule has 0 bridgehead atoms. The number of carbonyl (C=O) groups is 2.